The Kier molecular flexibility index (Phi) is 8.47. The number of alkyl halides is 1. The molecule has 2 aromatic heterocycles. The van der Waals surface area contributed by atoms with E-state index >= 15 is 0 Å². The van der Waals surface area contributed by atoms with Gasteiger partial charge in [-0.2, -0.15) is 4.98 Å². The van der Waals surface area contributed by atoms with Crippen LogP contribution >= 0.6 is 0 Å². The molecule has 0 saturated carbocycles. The molecule has 0 radical (unpaired) electrons. The van der Waals surface area contributed by atoms with Crippen molar-refractivity contribution in [1.82, 2.24) is 20.1 Å². The van der Waals surface area contributed by atoms with Crippen molar-refractivity contribution < 1.29 is 22.4 Å². The van der Waals surface area contributed by atoms with E-state index < -0.39 is 17.3 Å². The third-order valence-corrected chi connectivity index (χ3v) is 6.23. The number of aromatic nitrogens is 4. The second kappa shape index (κ2) is 11.8. The van der Waals surface area contributed by atoms with Gasteiger partial charge in [0, 0.05) is 32.2 Å². The zero-order valence-corrected chi connectivity index (χ0v) is 21.0. The summed E-state index contributed by atoms with van der Waals surface area (Å²) in [6, 6.07) is 4.51. The molecular formula is C25H32F3N7O2. The number of rotatable bonds is 6. The Bertz CT molecular complexity index is 1090. The van der Waals surface area contributed by atoms with E-state index in [0.717, 1.165) is 69.7 Å². The second-order valence-corrected chi connectivity index (χ2v) is 9.76. The number of ether oxygens (including phenoxy) is 1. The minimum atomic E-state index is -1.63. The first-order valence-electron chi connectivity index (χ1n) is 12.3. The lowest BCUT2D eigenvalue weighted by Gasteiger charge is -2.30. The van der Waals surface area contributed by atoms with E-state index in [4.69, 9.17) is 15.0 Å². The summed E-state index contributed by atoms with van der Waals surface area (Å²) in [4.78, 5) is 17.1. The highest BCUT2D eigenvalue weighted by Gasteiger charge is 2.29. The predicted molar refractivity (Wildman–Crippen MR) is 132 cm³/mol. The van der Waals surface area contributed by atoms with Crippen molar-refractivity contribution in [2.75, 3.05) is 42.6 Å². The standard InChI is InChI=1S/C19H28FN7O2.C6H4F2/c1-19(2,20)16-24-18(25-29-16)26-6-3-13(4-7-26)12-28-15-9-22-17(23-10-15)27-8-5-14(21)11-27;7-5-1-2-6(8)4-3-5/h9-10,13-14H,3-8,11-12,21H2,1-2H3;1-4H. The summed E-state index contributed by atoms with van der Waals surface area (Å²) in [6.07, 6.45) is 6.29. The highest BCUT2D eigenvalue weighted by atomic mass is 19.1. The van der Waals surface area contributed by atoms with E-state index in [-0.39, 0.29) is 11.9 Å². The lowest BCUT2D eigenvalue weighted by Crippen LogP contribution is -2.36. The highest BCUT2D eigenvalue weighted by molar-refractivity contribution is 5.33. The van der Waals surface area contributed by atoms with Crippen LogP contribution in [-0.2, 0) is 5.67 Å². The van der Waals surface area contributed by atoms with Crippen molar-refractivity contribution in [1.29, 1.82) is 0 Å². The first-order chi connectivity index (χ1) is 17.7. The summed E-state index contributed by atoms with van der Waals surface area (Å²) in [6.45, 7) is 6.68. The average Bonchev–Trinajstić information content (AvgIpc) is 3.56. The molecule has 12 heteroatoms. The van der Waals surface area contributed by atoms with Crippen LogP contribution < -0.4 is 20.3 Å². The molecule has 0 bridgehead atoms. The second-order valence-electron chi connectivity index (χ2n) is 9.76. The topological polar surface area (TPSA) is 106 Å². The SMILES string of the molecule is CC(C)(F)c1nc(N2CCC(COc3cnc(N4CCC(N)C4)nc3)CC2)no1.Fc1ccc(F)cc1. The van der Waals surface area contributed by atoms with Gasteiger partial charge in [-0.25, -0.2) is 23.1 Å². The molecule has 1 aromatic carbocycles. The Morgan fingerprint density at radius 1 is 0.973 bits per heavy atom. The van der Waals surface area contributed by atoms with Crippen LogP contribution in [0.4, 0.5) is 25.1 Å². The van der Waals surface area contributed by atoms with Gasteiger partial charge in [0.2, 0.25) is 5.95 Å². The smallest absolute Gasteiger partial charge is 0.266 e. The van der Waals surface area contributed by atoms with E-state index in [2.05, 4.69) is 25.0 Å². The van der Waals surface area contributed by atoms with Gasteiger partial charge in [0.1, 0.15) is 11.6 Å². The molecule has 2 aliphatic heterocycles. The molecule has 2 saturated heterocycles. The first-order valence-corrected chi connectivity index (χ1v) is 12.3. The number of nitrogens with two attached hydrogens (primary N) is 1. The Balaban J connectivity index is 0.000000342. The maximum absolute atomic E-state index is 13.9. The predicted octanol–water partition coefficient (Wildman–Crippen LogP) is 3.86. The number of halogens is 3. The van der Waals surface area contributed by atoms with E-state index in [1.165, 1.54) is 13.8 Å². The summed E-state index contributed by atoms with van der Waals surface area (Å²) in [5.41, 5.74) is 4.31. The van der Waals surface area contributed by atoms with Crippen molar-refractivity contribution >= 4 is 11.9 Å². The third-order valence-electron chi connectivity index (χ3n) is 6.23. The normalized spacial score (nSPS) is 18.5. The molecule has 2 N–H and O–H groups in total. The van der Waals surface area contributed by atoms with Crippen LogP contribution in [0, 0.1) is 17.6 Å². The fourth-order valence-electron chi connectivity index (χ4n) is 4.05. The number of hydrogen-bond donors (Lipinski definition) is 1. The number of piperidine rings is 1. The molecule has 0 spiro atoms. The van der Waals surface area contributed by atoms with Gasteiger partial charge in [-0.3, -0.25) is 0 Å². The minimum absolute atomic E-state index is 0.0114. The van der Waals surface area contributed by atoms with Crippen LogP contribution in [0.25, 0.3) is 0 Å². The summed E-state index contributed by atoms with van der Waals surface area (Å²) in [5.74, 6) is 1.44. The Labute approximate surface area is 213 Å². The van der Waals surface area contributed by atoms with Crippen LogP contribution in [0.3, 0.4) is 0 Å². The van der Waals surface area contributed by atoms with Gasteiger partial charge >= 0.3 is 0 Å². The molecule has 0 aliphatic carbocycles. The minimum Gasteiger partial charge on any atom is -0.490 e. The zero-order valence-electron chi connectivity index (χ0n) is 21.0. The van der Waals surface area contributed by atoms with Crippen LogP contribution in [0.1, 0.15) is 39.0 Å². The molecule has 2 aliphatic rings. The average molecular weight is 520 g/mol. The summed E-state index contributed by atoms with van der Waals surface area (Å²) in [7, 11) is 0. The summed E-state index contributed by atoms with van der Waals surface area (Å²) >= 11 is 0. The lowest BCUT2D eigenvalue weighted by molar-refractivity contribution is 0.155. The lowest BCUT2D eigenvalue weighted by atomic mass is 9.98. The van der Waals surface area contributed by atoms with Gasteiger partial charge in [-0.1, -0.05) is 0 Å². The van der Waals surface area contributed by atoms with Gasteiger partial charge in [0.15, 0.2) is 11.4 Å². The molecule has 1 unspecified atom stereocenters. The Morgan fingerprint density at radius 2 is 1.57 bits per heavy atom. The van der Waals surface area contributed by atoms with Gasteiger partial charge in [0.25, 0.3) is 11.8 Å². The van der Waals surface area contributed by atoms with E-state index in [1.54, 1.807) is 12.4 Å². The Hall–Kier alpha value is -3.41. The first kappa shape index (κ1) is 26.6. The van der Waals surface area contributed by atoms with Crippen molar-refractivity contribution in [2.24, 2.45) is 11.7 Å². The van der Waals surface area contributed by atoms with E-state index in [1.807, 2.05) is 4.90 Å². The highest BCUT2D eigenvalue weighted by Crippen LogP contribution is 2.27. The molecule has 5 rings (SSSR count). The molecule has 37 heavy (non-hydrogen) atoms. The number of benzene rings is 1. The molecule has 200 valence electrons. The van der Waals surface area contributed by atoms with E-state index in [0.29, 0.717) is 30.2 Å². The molecule has 3 aromatic rings. The monoisotopic (exact) mass is 519 g/mol. The molecular weight excluding hydrogens is 487 g/mol. The molecule has 4 heterocycles. The van der Waals surface area contributed by atoms with Crippen LogP contribution in [0.2, 0.25) is 0 Å². The molecule has 2 fully saturated rings. The van der Waals surface area contributed by atoms with Crippen LogP contribution in [0.5, 0.6) is 5.75 Å². The molecule has 9 nitrogen and oxygen atoms in total. The van der Waals surface area contributed by atoms with Crippen molar-refractivity contribution in [3.63, 3.8) is 0 Å². The maximum atomic E-state index is 13.9. The maximum Gasteiger partial charge on any atom is 0.266 e. The van der Waals surface area contributed by atoms with Crippen molar-refractivity contribution in [3.05, 3.63) is 54.2 Å². The van der Waals surface area contributed by atoms with Gasteiger partial charge in [-0.05, 0) is 68.4 Å². The van der Waals surface area contributed by atoms with Crippen LogP contribution in [0.15, 0.2) is 41.2 Å². The largest absolute Gasteiger partial charge is 0.490 e. The van der Waals surface area contributed by atoms with Gasteiger partial charge < -0.3 is 24.8 Å². The van der Waals surface area contributed by atoms with Gasteiger partial charge in [-0.15, -0.1) is 0 Å². The third kappa shape index (κ3) is 7.54. The molecule has 0 amide bonds. The number of nitrogens with zero attached hydrogens (tertiary/aromatic N) is 6. The molecule has 1 atom stereocenters. The number of hydrogen-bond acceptors (Lipinski definition) is 9. The fourth-order valence-corrected chi connectivity index (χ4v) is 4.05. The summed E-state index contributed by atoms with van der Waals surface area (Å²) < 4.78 is 48.7. The van der Waals surface area contributed by atoms with Crippen molar-refractivity contribution in [3.8, 4) is 5.75 Å². The van der Waals surface area contributed by atoms with Crippen molar-refractivity contribution in [2.45, 2.75) is 44.8 Å². The number of anilines is 2. The quantitative estimate of drug-likeness (QED) is 0.520. The van der Waals surface area contributed by atoms with Gasteiger partial charge in [0.05, 0.1) is 19.0 Å². The summed E-state index contributed by atoms with van der Waals surface area (Å²) in [5, 5.41) is 3.91. The zero-order chi connectivity index (χ0) is 26.4. The van der Waals surface area contributed by atoms with E-state index in [9.17, 15) is 13.2 Å². The Morgan fingerprint density at radius 3 is 2.08 bits per heavy atom. The van der Waals surface area contributed by atoms with Crippen LogP contribution in [-0.4, -0.2) is 58.9 Å². The fraction of sp³-hybridized carbons (Fsp3) is 0.520.